The van der Waals surface area contributed by atoms with Gasteiger partial charge in [-0.3, -0.25) is 0 Å². The topological polar surface area (TPSA) is 21.3 Å². The number of nitrogens with one attached hydrogen (secondary N) is 1. The van der Waals surface area contributed by atoms with E-state index in [0.717, 1.165) is 24.0 Å². The molecule has 2 aromatic rings. The van der Waals surface area contributed by atoms with Crippen LogP contribution in [-0.2, 0) is 24.4 Å². The van der Waals surface area contributed by atoms with Crippen LogP contribution in [0.25, 0.3) is 0 Å². The summed E-state index contributed by atoms with van der Waals surface area (Å²) in [4.78, 5) is 0. The Kier molecular flexibility index (Phi) is 6.93. The highest BCUT2D eigenvalue weighted by Crippen LogP contribution is 2.13. The Morgan fingerprint density at radius 2 is 1.67 bits per heavy atom. The third-order valence-electron chi connectivity index (χ3n) is 3.29. The van der Waals surface area contributed by atoms with Crippen LogP contribution >= 0.6 is 15.9 Å². The molecule has 0 aliphatic carbocycles. The van der Waals surface area contributed by atoms with Gasteiger partial charge < -0.3 is 10.1 Å². The summed E-state index contributed by atoms with van der Waals surface area (Å²) in [5, 5.41) is 3.34. The van der Waals surface area contributed by atoms with Gasteiger partial charge >= 0.3 is 0 Å². The van der Waals surface area contributed by atoms with Crippen molar-refractivity contribution in [2.75, 3.05) is 13.1 Å². The van der Waals surface area contributed by atoms with Crippen molar-refractivity contribution in [1.82, 2.24) is 5.32 Å². The summed E-state index contributed by atoms with van der Waals surface area (Å²) >= 11 is 3.47. The Morgan fingerprint density at radius 3 is 2.38 bits per heavy atom. The van der Waals surface area contributed by atoms with E-state index in [1.165, 1.54) is 16.7 Å². The summed E-state index contributed by atoms with van der Waals surface area (Å²) in [6, 6.07) is 16.9. The number of rotatable bonds is 8. The van der Waals surface area contributed by atoms with Crippen LogP contribution < -0.4 is 5.32 Å². The molecule has 2 nitrogen and oxygen atoms in total. The molecule has 0 radical (unpaired) electrons. The van der Waals surface area contributed by atoms with E-state index in [0.29, 0.717) is 13.2 Å². The van der Waals surface area contributed by atoms with E-state index >= 15 is 0 Å². The van der Waals surface area contributed by atoms with Gasteiger partial charge in [-0.05, 0) is 48.3 Å². The highest BCUT2D eigenvalue weighted by Gasteiger charge is 1.98. The lowest BCUT2D eigenvalue weighted by molar-refractivity contribution is 0.107. The van der Waals surface area contributed by atoms with Crippen LogP contribution in [0, 0.1) is 0 Å². The van der Waals surface area contributed by atoms with Crippen LogP contribution in [0.5, 0.6) is 0 Å². The van der Waals surface area contributed by atoms with Crippen molar-refractivity contribution in [1.29, 1.82) is 0 Å². The van der Waals surface area contributed by atoms with Crippen LogP contribution in [0.15, 0.2) is 53.0 Å². The van der Waals surface area contributed by atoms with Gasteiger partial charge in [-0.15, -0.1) is 0 Å². The molecule has 0 bridgehead atoms. The van der Waals surface area contributed by atoms with Crippen molar-refractivity contribution in [3.05, 3.63) is 69.7 Å². The highest BCUT2D eigenvalue weighted by atomic mass is 79.9. The lowest BCUT2D eigenvalue weighted by atomic mass is 10.1. The zero-order valence-electron chi connectivity index (χ0n) is 12.4. The number of hydrogen-bond donors (Lipinski definition) is 1. The van der Waals surface area contributed by atoms with Gasteiger partial charge in [0.1, 0.15) is 0 Å². The van der Waals surface area contributed by atoms with Crippen LogP contribution in [-0.4, -0.2) is 13.1 Å². The highest BCUT2D eigenvalue weighted by molar-refractivity contribution is 9.10. The molecule has 0 fully saturated rings. The van der Waals surface area contributed by atoms with Gasteiger partial charge in [-0.25, -0.2) is 0 Å². The SMILES string of the molecule is CCNCCc1ccc(COCc2cccc(Br)c2)cc1. The fourth-order valence-electron chi connectivity index (χ4n) is 2.13. The van der Waals surface area contributed by atoms with Crippen molar-refractivity contribution in [3.63, 3.8) is 0 Å². The second-order valence-corrected chi connectivity index (χ2v) is 5.96. The molecule has 21 heavy (non-hydrogen) atoms. The minimum absolute atomic E-state index is 0.640. The second-order valence-electron chi connectivity index (χ2n) is 5.04. The molecular formula is C18H22BrNO. The molecule has 0 aliphatic heterocycles. The van der Waals surface area contributed by atoms with Crippen molar-refractivity contribution in [2.45, 2.75) is 26.6 Å². The first-order valence-corrected chi connectivity index (χ1v) is 8.18. The van der Waals surface area contributed by atoms with Crippen molar-refractivity contribution < 1.29 is 4.74 Å². The van der Waals surface area contributed by atoms with Gasteiger partial charge in [0.05, 0.1) is 13.2 Å². The molecule has 0 atom stereocenters. The Labute approximate surface area is 135 Å². The van der Waals surface area contributed by atoms with E-state index in [1.54, 1.807) is 0 Å². The van der Waals surface area contributed by atoms with Crippen LogP contribution in [0.3, 0.4) is 0 Å². The van der Waals surface area contributed by atoms with Crippen LogP contribution in [0.2, 0.25) is 0 Å². The van der Waals surface area contributed by atoms with Gasteiger partial charge in [-0.2, -0.15) is 0 Å². The third kappa shape index (κ3) is 6.00. The number of halogens is 1. The smallest absolute Gasteiger partial charge is 0.0721 e. The molecule has 2 rings (SSSR count). The molecule has 0 spiro atoms. The molecule has 0 saturated heterocycles. The van der Waals surface area contributed by atoms with Gasteiger partial charge in [0.2, 0.25) is 0 Å². The minimum atomic E-state index is 0.640. The molecule has 2 aromatic carbocycles. The quantitative estimate of drug-likeness (QED) is 0.718. The molecule has 112 valence electrons. The molecule has 1 N–H and O–H groups in total. The van der Waals surface area contributed by atoms with Crippen LogP contribution in [0.1, 0.15) is 23.6 Å². The van der Waals surface area contributed by atoms with Gasteiger partial charge in [-0.1, -0.05) is 59.3 Å². The standard InChI is InChI=1S/C18H22BrNO/c1-2-20-11-10-15-6-8-16(9-7-15)13-21-14-17-4-3-5-18(19)12-17/h3-9,12,20H,2,10-11,13-14H2,1H3. The fourth-order valence-corrected chi connectivity index (χ4v) is 2.57. The Bertz CT molecular complexity index is 539. The molecule has 0 heterocycles. The first-order valence-electron chi connectivity index (χ1n) is 7.38. The van der Waals surface area contributed by atoms with E-state index in [9.17, 15) is 0 Å². The molecular weight excluding hydrogens is 326 g/mol. The molecule has 0 saturated carbocycles. The molecule has 0 amide bonds. The lowest BCUT2D eigenvalue weighted by Crippen LogP contribution is -2.15. The zero-order chi connectivity index (χ0) is 14.9. The van der Waals surface area contributed by atoms with Gasteiger partial charge in [0.15, 0.2) is 0 Å². The predicted octanol–water partition coefficient (Wildman–Crippen LogP) is 4.32. The average Bonchev–Trinajstić information content (AvgIpc) is 2.49. The molecule has 0 unspecified atom stereocenters. The maximum atomic E-state index is 5.77. The van der Waals surface area contributed by atoms with Crippen molar-refractivity contribution >= 4 is 15.9 Å². The summed E-state index contributed by atoms with van der Waals surface area (Å²) in [5.41, 5.74) is 3.77. The van der Waals surface area contributed by atoms with E-state index in [1.807, 2.05) is 12.1 Å². The minimum Gasteiger partial charge on any atom is -0.372 e. The summed E-state index contributed by atoms with van der Waals surface area (Å²) in [6.07, 6.45) is 1.08. The number of ether oxygens (including phenoxy) is 1. The Morgan fingerprint density at radius 1 is 0.952 bits per heavy atom. The molecule has 0 aromatic heterocycles. The largest absolute Gasteiger partial charge is 0.372 e. The van der Waals surface area contributed by atoms with Gasteiger partial charge in [0, 0.05) is 4.47 Å². The van der Waals surface area contributed by atoms with Crippen LogP contribution in [0.4, 0.5) is 0 Å². The summed E-state index contributed by atoms with van der Waals surface area (Å²) in [6.45, 7) is 5.49. The predicted molar refractivity (Wildman–Crippen MR) is 91.3 cm³/mol. The number of hydrogen-bond acceptors (Lipinski definition) is 2. The third-order valence-corrected chi connectivity index (χ3v) is 3.78. The monoisotopic (exact) mass is 347 g/mol. The first kappa shape index (κ1) is 16.2. The maximum Gasteiger partial charge on any atom is 0.0721 e. The fraction of sp³-hybridized carbons (Fsp3) is 0.333. The number of benzene rings is 2. The first-order chi connectivity index (χ1) is 10.3. The molecule has 3 heteroatoms. The Hall–Kier alpha value is -1.16. The Balaban J connectivity index is 1.75. The van der Waals surface area contributed by atoms with Crippen molar-refractivity contribution in [2.24, 2.45) is 0 Å². The van der Waals surface area contributed by atoms with Gasteiger partial charge in [0.25, 0.3) is 0 Å². The summed E-state index contributed by atoms with van der Waals surface area (Å²) in [5.74, 6) is 0. The summed E-state index contributed by atoms with van der Waals surface area (Å²) in [7, 11) is 0. The van der Waals surface area contributed by atoms with E-state index < -0.39 is 0 Å². The summed E-state index contributed by atoms with van der Waals surface area (Å²) < 4.78 is 6.86. The second kappa shape index (κ2) is 8.98. The number of likely N-dealkylation sites (N-methyl/N-ethyl adjacent to an activating group) is 1. The lowest BCUT2D eigenvalue weighted by Gasteiger charge is -2.07. The van der Waals surface area contributed by atoms with E-state index in [-0.39, 0.29) is 0 Å². The van der Waals surface area contributed by atoms with E-state index in [4.69, 9.17) is 4.74 Å². The zero-order valence-corrected chi connectivity index (χ0v) is 14.0. The van der Waals surface area contributed by atoms with Crippen molar-refractivity contribution in [3.8, 4) is 0 Å². The molecule has 0 aliphatic rings. The normalized spacial score (nSPS) is 10.8. The van der Waals surface area contributed by atoms with E-state index in [2.05, 4.69) is 64.6 Å². The maximum absolute atomic E-state index is 5.77. The average molecular weight is 348 g/mol.